The number of aliphatic carboxylic acids is 1. The second kappa shape index (κ2) is 8.68. The highest BCUT2D eigenvalue weighted by Crippen LogP contribution is 2.03. The van der Waals surface area contributed by atoms with E-state index in [0.717, 1.165) is 5.56 Å². The van der Waals surface area contributed by atoms with Crippen molar-refractivity contribution in [3.63, 3.8) is 0 Å². The molecular formula is C14H18N2O5. The van der Waals surface area contributed by atoms with Gasteiger partial charge in [0, 0.05) is 25.2 Å². The molecule has 0 bridgehead atoms. The Kier molecular flexibility index (Phi) is 6.86. The van der Waals surface area contributed by atoms with E-state index < -0.39 is 18.0 Å². The molecule has 1 atom stereocenters. The molecule has 7 heteroatoms. The Bertz CT molecular complexity index is 489. The van der Waals surface area contributed by atoms with Gasteiger partial charge in [0.15, 0.2) is 0 Å². The molecule has 0 spiro atoms. The molecule has 0 saturated heterocycles. The summed E-state index contributed by atoms with van der Waals surface area (Å²) in [7, 11) is 1.23. The van der Waals surface area contributed by atoms with Crippen molar-refractivity contribution >= 4 is 17.8 Å². The normalized spacial score (nSPS) is 11.5. The molecule has 1 amide bonds. The number of aromatic nitrogens is 1. The number of esters is 1. The number of pyridine rings is 1. The number of carbonyl (C=O) groups is 3. The Balaban J connectivity index is 2.41. The van der Waals surface area contributed by atoms with Crippen LogP contribution in [-0.4, -0.2) is 41.1 Å². The monoisotopic (exact) mass is 294 g/mol. The number of carboxylic acids is 1. The van der Waals surface area contributed by atoms with Crippen LogP contribution in [0.2, 0.25) is 0 Å². The van der Waals surface area contributed by atoms with E-state index in [0.29, 0.717) is 6.42 Å². The first-order chi connectivity index (χ1) is 10.0. The van der Waals surface area contributed by atoms with Crippen LogP contribution in [0.25, 0.3) is 0 Å². The molecule has 1 aromatic heterocycles. The highest BCUT2D eigenvalue weighted by atomic mass is 16.5. The summed E-state index contributed by atoms with van der Waals surface area (Å²) in [4.78, 5) is 37.7. The van der Waals surface area contributed by atoms with E-state index >= 15 is 0 Å². The number of nitrogens with one attached hydrogen (secondary N) is 1. The zero-order chi connectivity index (χ0) is 15.7. The SMILES string of the molecule is COC(=O)CC[C@H](NC(=O)CCc1cccnc1)C(=O)O. The molecule has 7 nitrogen and oxygen atoms in total. The Morgan fingerprint density at radius 3 is 2.71 bits per heavy atom. The van der Waals surface area contributed by atoms with E-state index in [2.05, 4.69) is 15.0 Å². The van der Waals surface area contributed by atoms with E-state index in [1.807, 2.05) is 6.07 Å². The summed E-state index contributed by atoms with van der Waals surface area (Å²) in [5, 5.41) is 11.4. The van der Waals surface area contributed by atoms with Gasteiger partial charge in [0.25, 0.3) is 0 Å². The molecule has 1 aromatic rings. The maximum atomic E-state index is 11.7. The first-order valence-electron chi connectivity index (χ1n) is 6.51. The zero-order valence-corrected chi connectivity index (χ0v) is 11.7. The van der Waals surface area contributed by atoms with Gasteiger partial charge in [-0.05, 0) is 24.5 Å². The van der Waals surface area contributed by atoms with Gasteiger partial charge in [-0.2, -0.15) is 0 Å². The van der Waals surface area contributed by atoms with Crippen LogP contribution in [0.5, 0.6) is 0 Å². The molecule has 1 rings (SSSR count). The van der Waals surface area contributed by atoms with Crippen LogP contribution in [0.4, 0.5) is 0 Å². The van der Waals surface area contributed by atoms with Crippen LogP contribution < -0.4 is 5.32 Å². The Hall–Kier alpha value is -2.44. The van der Waals surface area contributed by atoms with Gasteiger partial charge in [0.05, 0.1) is 7.11 Å². The number of hydrogen-bond acceptors (Lipinski definition) is 5. The van der Waals surface area contributed by atoms with E-state index in [4.69, 9.17) is 5.11 Å². The summed E-state index contributed by atoms with van der Waals surface area (Å²) in [6.45, 7) is 0. The lowest BCUT2D eigenvalue weighted by Crippen LogP contribution is -2.41. The van der Waals surface area contributed by atoms with E-state index in [-0.39, 0.29) is 25.2 Å². The molecule has 1 heterocycles. The lowest BCUT2D eigenvalue weighted by molar-refractivity contribution is -0.144. The van der Waals surface area contributed by atoms with Crippen molar-refractivity contribution in [2.45, 2.75) is 31.7 Å². The van der Waals surface area contributed by atoms with Crippen LogP contribution in [0.1, 0.15) is 24.8 Å². The second-order valence-electron chi connectivity index (χ2n) is 4.43. The first-order valence-corrected chi connectivity index (χ1v) is 6.51. The predicted molar refractivity (Wildman–Crippen MR) is 73.4 cm³/mol. The number of nitrogens with zero attached hydrogens (tertiary/aromatic N) is 1. The summed E-state index contributed by atoms with van der Waals surface area (Å²) < 4.78 is 4.44. The highest BCUT2D eigenvalue weighted by Gasteiger charge is 2.21. The maximum Gasteiger partial charge on any atom is 0.326 e. The summed E-state index contributed by atoms with van der Waals surface area (Å²) in [6.07, 6.45) is 3.86. The fourth-order valence-corrected chi connectivity index (χ4v) is 1.69. The lowest BCUT2D eigenvalue weighted by Gasteiger charge is -2.13. The van der Waals surface area contributed by atoms with Crippen molar-refractivity contribution in [2.24, 2.45) is 0 Å². The highest BCUT2D eigenvalue weighted by molar-refractivity contribution is 5.84. The summed E-state index contributed by atoms with van der Waals surface area (Å²) in [5.74, 6) is -2.06. The van der Waals surface area contributed by atoms with Crippen LogP contribution in [0.3, 0.4) is 0 Å². The molecule has 0 radical (unpaired) electrons. The van der Waals surface area contributed by atoms with Crippen molar-refractivity contribution < 1.29 is 24.2 Å². The summed E-state index contributed by atoms with van der Waals surface area (Å²) in [6, 6.07) is 2.51. The van der Waals surface area contributed by atoms with Crippen molar-refractivity contribution in [3.8, 4) is 0 Å². The number of rotatable bonds is 8. The van der Waals surface area contributed by atoms with E-state index in [9.17, 15) is 14.4 Å². The van der Waals surface area contributed by atoms with Crippen LogP contribution in [0.15, 0.2) is 24.5 Å². The van der Waals surface area contributed by atoms with Gasteiger partial charge in [0.2, 0.25) is 5.91 Å². The second-order valence-corrected chi connectivity index (χ2v) is 4.43. The quantitative estimate of drug-likeness (QED) is 0.678. The molecule has 0 saturated carbocycles. The Morgan fingerprint density at radius 1 is 1.38 bits per heavy atom. The van der Waals surface area contributed by atoms with Crippen LogP contribution in [0, 0.1) is 0 Å². The minimum atomic E-state index is -1.17. The largest absolute Gasteiger partial charge is 0.480 e. The minimum Gasteiger partial charge on any atom is -0.480 e. The summed E-state index contributed by atoms with van der Waals surface area (Å²) >= 11 is 0. The molecule has 114 valence electrons. The van der Waals surface area contributed by atoms with Gasteiger partial charge in [-0.1, -0.05) is 6.07 Å². The predicted octanol–water partition coefficient (Wildman–Crippen LogP) is 0.537. The number of methoxy groups -OCH3 is 1. The molecule has 2 N–H and O–H groups in total. The van der Waals surface area contributed by atoms with Gasteiger partial charge in [-0.15, -0.1) is 0 Å². The number of carboxylic acid groups (broad SMARTS) is 1. The van der Waals surface area contributed by atoms with Crippen LogP contribution in [-0.2, 0) is 25.5 Å². The third-order valence-corrected chi connectivity index (χ3v) is 2.86. The first kappa shape index (κ1) is 16.6. The molecule has 0 fully saturated rings. The topological polar surface area (TPSA) is 106 Å². The van der Waals surface area contributed by atoms with Crippen molar-refractivity contribution in [3.05, 3.63) is 30.1 Å². The molecular weight excluding hydrogens is 276 g/mol. The third-order valence-electron chi connectivity index (χ3n) is 2.86. The molecule has 0 aliphatic carbocycles. The minimum absolute atomic E-state index is 0.000634. The van der Waals surface area contributed by atoms with E-state index in [1.54, 1.807) is 18.5 Å². The molecule has 0 unspecified atom stereocenters. The molecule has 21 heavy (non-hydrogen) atoms. The Labute approximate surface area is 122 Å². The Morgan fingerprint density at radius 2 is 2.14 bits per heavy atom. The maximum absolute atomic E-state index is 11.7. The lowest BCUT2D eigenvalue weighted by atomic mass is 10.1. The fourth-order valence-electron chi connectivity index (χ4n) is 1.69. The van der Waals surface area contributed by atoms with Gasteiger partial charge >= 0.3 is 11.9 Å². The molecule has 0 aliphatic rings. The number of amides is 1. The number of carbonyl (C=O) groups excluding carboxylic acids is 2. The van der Waals surface area contributed by atoms with Crippen molar-refractivity contribution in [1.82, 2.24) is 10.3 Å². The van der Waals surface area contributed by atoms with Gasteiger partial charge < -0.3 is 15.2 Å². The van der Waals surface area contributed by atoms with Gasteiger partial charge in [-0.25, -0.2) is 4.79 Å². The molecule has 0 aromatic carbocycles. The standard InChI is InChI=1S/C14H18N2O5/c1-21-13(18)7-5-11(14(19)20)16-12(17)6-4-10-3-2-8-15-9-10/h2-3,8-9,11H,4-7H2,1H3,(H,16,17)(H,19,20)/t11-/m0/s1. The number of ether oxygens (including phenoxy) is 1. The van der Waals surface area contributed by atoms with Crippen molar-refractivity contribution in [1.29, 1.82) is 0 Å². The zero-order valence-electron chi connectivity index (χ0n) is 11.7. The average Bonchev–Trinajstić information content (AvgIpc) is 2.49. The van der Waals surface area contributed by atoms with Crippen LogP contribution >= 0.6 is 0 Å². The molecule has 0 aliphatic heterocycles. The smallest absolute Gasteiger partial charge is 0.326 e. The average molecular weight is 294 g/mol. The number of aryl methyl sites for hydroxylation is 1. The number of hydrogen-bond donors (Lipinski definition) is 2. The van der Waals surface area contributed by atoms with Gasteiger partial charge in [0.1, 0.15) is 6.04 Å². The van der Waals surface area contributed by atoms with Gasteiger partial charge in [-0.3, -0.25) is 14.6 Å². The fraction of sp³-hybridized carbons (Fsp3) is 0.429. The third kappa shape index (κ3) is 6.51. The van der Waals surface area contributed by atoms with E-state index in [1.165, 1.54) is 7.11 Å². The summed E-state index contributed by atoms with van der Waals surface area (Å²) in [5.41, 5.74) is 0.897. The van der Waals surface area contributed by atoms with Crippen molar-refractivity contribution in [2.75, 3.05) is 7.11 Å².